The molecule has 6 rings (SSSR count). The number of rotatable bonds is 14. The van der Waals surface area contributed by atoms with Crippen LogP contribution in [0.5, 0.6) is 0 Å². The minimum Gasteiger partial charge on any atom is -0.361 e. The van der Waals surface area contributed by atoms with E-state index in [1.165, 1.54) is 21.7 Å². The van der Waals surface area contributed by atoms with E-state index in [1.807, 2.05) is 42.5 Å². The number of fused-ring (bicyclic) bond motifs is 1. The fraction of sp³-hybridized carbons (Fsp3) is 0.289. The van der Waals surface area contributed by atoms with Gasteiger partial charge in [-0.25, -0.2) is 18.2 Å². The molecule has 1 fully saturated rings. The number of hydrogen-bond acceptors (Lipinski definition) is 6. The number of hydrogen-bond donors (Lipinski definition) is 3. The van der Waals surface area contributed by atoms with Crippen molar-refractivity contribution < 1.29 is 13.2 Å². The van der Waals surface area contributed by atoms with Crippen LogP contribution in [0.1, 0.15) is 40.7 Å². The number of hydrazine groups is 3. The monoisotopic (exact) mass is 679 g/mol. The molecule has 1 aliphatic heterocycles. The second kappa shape index (κ2) is 14.7. The van der Waals surface area contributed by atoms with Crippen molar-refractivity contribution in [1.29, 1.82) is 0 Å². The van der Waals surface area contributed by atoms with Gasteiger partial charge in [0.15, 0.2) is 0 Å². The molecule has 2 heterocycles. The molecule has 1 saturated heterocycles. The van der Waals surface area contributed by atoms with Crippen molar-refractivity contribution in [2.45, 2.75) is 46.1 Å². The number of sulfonamides is 1. The van der Waals surface area contributed by atoms with E-state index in [0.29, 0.717) is 5.69 Å². The number of urea groups is 1. The summed E-state index contributed by atoms with van der Waals surface area (Å²) in [4.78, 5) is 19.4. The predicted molar refractivity (Wildman–Crippen MR) is 199 cm³/mol. The Labute approximate surface area is 289 Å². The minimum atomic E-state index is -3.29. The summed E-state index contributed by atoms with van der Waals surface area (Å²) in [7, 11) is -1.55. The fourth-order valence-electron chi connectivity index (χ4n) is 6.44. The van der Waals surface area contributed by atoms with Crippen LogP contribution in [0.4, 0.5) is 21.9 Å². The third-order valence-corrected chi connectivity index (χ3v) is 9.36. The summed E-state index contributed by atoms with van der Waals surface area (Å²) < 4.78 is 25.6. The number of amides is 2. The molecule has 0 radical (unpaired) electrons. The number of nitrogens with zero attached hydrogens (tertiary/aromatic N) is 4. The Bertz CT molecular complexity index is 1990. The van der Waals surface area contributed by atoms with Crippen molar-refractivity contribution in [3.8, 4) is 0 Å². The van der Waals surface area contributed by atoms with Gasteiger partial charge in [0, 0.05) is 42.9 Å². The van der Waals surface area contributed by atoms with E-state index < -0.39 is 10.0 Å². The van der Waals surface area contributed by atoms with E-state index in [-0.39, 0.29) is 6.03 Å². The van der Waals surface area contributed by atoms with Crippen molar-refractivity contribution in [3.05, 3.63) is 125 Å². The molecule has 0 aliphatic carbocycles. The maximum atomic E-state index is 13.4. The molecule has 5 aromatic rings. The van der Waals surface area contributed by atoms with Crippen LogP contribution in [0, 0.1) is 13.8 Å². The Hall–Kier alpha value is -4.84. The van der Waals surface area contributed by atoms with Gasteiger partial charge >= 0.3 is 6.03 Å². The lowest BCUT2D eigenvalue weighted by atomic mass is 10.1. The van der Waals surface area contributed by atoms with Crippen molar-refractivity contribution in [2.24, 2.45) is 0 Å². The number of H-pyrrole nitrogens is 1. The Kier molecular flexibility index (Phi) is 10.2. The first kappa shape index (κ1) is 34.0. The van der Waals surface area contributed by atoms with E-state index >= 15 is 0 Å². The zero-order valence-electron chi connectivity index (χ0n) is 28.6. The third kappa shape index (κ3) is 8.61. The van der Waals surface area contributed by atoms with E-state index in [9.17, 15) is 13.2 Å². The van der Waals surface area contributed by atoms with Crippen LogP contribution in [0.2, 0.25) is 0 Å². The highest BCUT2D eigenvalue weighted by atomic mass is 32.2. The topological polar surface area (TPSA) is 104 Å². The summed E-state index contributed by atoms with van der Waals surface area (Å²) in [5.41, 5.74) is 12.4. The van der Waals surface area contributed by atoms with Gasteiger partial charge in [0.25, 0.3) is 0 Å². The van der Waals surface area contributed by atoms with E-state index in [0.717, 1.165) is 85.0 Å². The van der Waals surface area contributed by atoms with Gasteiger partial charge in [-0.2, -0.15) is 10.1 Å². The summed E-state index contributed by atoms with van der Waals surface area (Å²) >= 11 is 0. The number of anilines is 3. The number of aryl methyl sites for hydroxylation is 3. The van der Waals surface area contributed by atoms with Gasteiger partial charge in [0.2, 0.25) is 10.0 Å². The van der Waals surface area contributed by atoms with Crippen LogP contribution in [0.25, 0.3) is 10.9 Å². The predicted octanol–water partition coefficient (Wildman–Crippen LogP) is 6.94. The molecular formula is C38H45N7O3S. The first-order chi connectivity index (χ1) is 23.5. The summed E-state index contributed by atoms with van der Waals surface area (Å²) in [5, 5.41) is 6.08. The van der Waals surface area contributed by atoms with Crippen molar-refractivity contribution in [1.82, 2.24) is 20.4 Å². The second-order valence-corrected chi connectivity index (χ2v) is 14.7. The highest BCUT2D eigenvalue weighted by molar-refractivity contribution is 7.92. The largest absolute Gasteiger partial charge is 0.361 e. The molecule has 0 spiro atoms. The lowest BCUT2D eigenvalue weighted by molar-refractivity contribution is 0.216. The molecule has 0 bridgehead atoms. The first-order valence-corrected chi connectivity index (χ1v) is 18.6. The van der Waals surface area contributed by atoms with E-state index in [4.69, 9.17) is 0 Å². The zero-order chi connectivity index (χ0) is 34.5. The molecule has 256 valence electrons. The second-order valence-electron chi connectivity index (χ2n) is 13.0. The Balaban J connectivity index is 1.14. The summed E-state index contributed by atoms with van der Waals surface area (Å²) in [6, 6.07) is 30.4. The normalized spacial score (nSPS) is 13.7. The number of benzene rings is 4. The van der Waals surface area contributed by atoms with Gasteiger partial charge in [-0.3, -0.25) is 9.62 Å². The maximum absolute atomic E-state index is 13.4. The molecule has 1 aliphatic rings. The van der Waals surface area contributed by atoms with Gasteiger partial charge in [-0.1, -0.05) is 48.5 Å². The standard InChI is InChI=1S/C38H45N7O3S/c1-28-22-29(2)24-35(23-28)45-41-42(3)38(46)44(45)34-17-18-37-36(25-34)32(26-39-37)19-21-43(27-31-11-6-5-7-12-31)20-9-8-10-30-13-15-33(16-14-30)40-49(4,47)48/h5-7,11-18,22-26,39-41H,8-10,19-21,27H2,1-4H3. The van der Waals surface area contributed by atoms with E-state index in [1.54, 1.807) is 17.2 Å². The number of aromatic nitrogens is 1. The van der Waals surface area contributed by atoms with Gasteiger partial charge in [-0.15, -0.1) is 5.53 Å². The Morgan fingerprint density at radius 1 is 0.796 bits per heavy atom. The molecule has 0 unspecified atom stereocenters. The quantitative estimate of drug-likeness (QED) is 0.110. The van der Waals surface area contributed by atoms with Crippen LogP contribution >= 0.6 is 0 Å². The van der Waals surface area contributed by atoms with Crippen LogP contribution in [0.15, 0.2) is 97.2 Å². The Morgan fingerprint density at radius 3 is 2.24 bits per heavy atom. The molecule has 2 amide bonds. The number of carbonyl (C=O) groups is 1. The van der Waals surface area contributed by atoms with Gasteiger partial charge in [-0.05, 0) is 116 Å². The molecule has 10 nitrogen and oxygen atoms in total. The summed E-state index contributed by atoms with van der Waals surface area (Å²) in [5.74, 6) is 0. The average Bonchev–Trinajstić information content (AvgIpc) is 3.60. The molecular weight excluding hydrogens is 635 g/mol. The SMILES string of the molecule is Cc1cc(C)cc(N2NN(C)C(=O)N2c2ccc3[nH]cc(CCN(CCCCc4ccc(NS(C)(=O)=O)cc4)Cc4ccccc4)c3c2)c1. The molecule has 1 aromatic heterocycles. The van der Waals surface area contributed by atoms with Crippen LogP contribution in [-0.2, 0) is 29.4 Å². The molecule has 0 saturated carbocycles. The van der Waals surface area contributed by atoms with Crippen LogP contribution < -0.4 is 20.4 Å². The number of aromatic amines is 1. The van der Waals surface area contributed by atoms with Gasteiger partial charge in [0.05, 0.1) is 17.6 Å². The Morgan fingerprint density at radius 2 is 1.53 bits per heavy atom. The number of unbranched alkanes of at least 4 members (excludes halogenated alkanes) is 1. The van der Waals surface area contributed by atoms with Crippen molar-refractivity contribution in [2.75, 3.05) is 41.2 Å². The smallest absolute Gasteiger partial charge is 0.360 e. The van der Waals surface area contributed by atoms with Crippen molar-refractivity contribution in [3.63, 3.8) is 0 Å². The molecule has 11 heteroatoms. The number of carbonyl (C=O) groups excluding carboxylic acids is 1. The summed E-state index contributed by atoms with van der Waals surface area (Å²) in [6.07, 6.45) is 7.12. The fourth-order valence-corrected chi connectivity index (χ4v) is 7.01. The first-order valence-electron chi connectivity index (χ1n) is 16.7. The highest BCUT2D eigenvalue weighted by Crippen LogP contribution is 2.31. The molecule has 3 N–H and O–H groups in total. The highest BCUT2D eigenvalue weighted by Gasteiger charge is 2.35. The van der Waals surface area contributed by atoms with Crippen LogP contribution in [-0.4, -0.2) is 55.7 Å². The van der Waals surface area contributed by atoms with Crippen LogP contribution in [0.3, 0.4) is 0 Å². The lowest BCUT2D eigenvalue weighted by Crippen LogP contribution is -2.44. The molecule has 0 atom stereocenters. The maximum Gasteiger partial charge on any atom is 0.360 e. The molecule has 4 aromatic carbocycles. The molecule has 49 heavy (non-hydrogen) atoms. The third-order valence-electron chi connectivity index (χ3n) is 8.75. The van der Waals surface area contributed by atoms with Gasteiger partial charge in [0.1, 0.15) is 0 Å². The minimum absolute atomic E-state index is 0.161. The van der Waals surface area contributed by atoms with Crippen molar-refractivity contribution >= 4 is 44.0 Å². The van der Waals surface area contributed by atoms with Gasteiger partial charge < -0.3 is 4.98 Å². The summed E-state index contributed by atoms with van der Waals surface area (Å²) in [6.45, 7) is 6.83. The average molecular weight is 680 g/mol. The number of nitrogens with one attached hydrogen (secondary N) is 3. The van der Waals surface area contributed by atoms with E-state index in [2.05, 4.69) is 88.7 Å². The zero-order valence-corrected chi connectivity index (χ0v) is 29.4. The lowest BCUT2D eigenvalue weighted by Gasteiger charge is -2.27.